The molecule has 128 valence electrons. The minimum absolute atomic E-state index is 0.232. The number of hydrogen-bond donors (Lipinski definition) is 1. The Labute approximate surface area is 171 Å². The number of hydrogen-bond acceptors (Lipinski definition) is 5. The van der Waals surface area contributed by atoms with Crippen molar-refractivity contribution in [2.24, 2.45) is 0 Å². The average molecular weight is 475 g/mol. The van der Waals surface area contributed by atoms with Gasteiger partial charge in [0.05, 0.1) is 15.6 Å². The number of carbonyl (C=O) groups excluding carboxylic acids is 1. The molecule has 0 aliphatic rings. The molecular weight excluding hydrogens is 465 g/mol. The average Bonchev–Trinajstić information content (AvgIpc) is 3.03. The molecule has 0 atom stereocenters. The summed E-state index contributed by atoms with van der Waals surface area (Å²) in [5.74, 6) is 0.452. The third-order valence-electron chi connectivity index (χ3n) is 3.09. The van der Waals surface area contributed by atoms with E-state index in [0.29, 0.717) is 26.5 Å². The Hall–Kier alpha value is -1.12. The molecule has 0 spiro atoms. The van der Waals surface area contributed by atoms with E-state index in [1.165, 1.54) is 23.1 Å². The second kappa shape index (κ2) is 8.51. The molecule has 0 bridgehead atoms. The maximum atomic E-state index is 12.3. The van der Waals surface area contributed by atoms with Crippen molar-refractivity contribution >= 4 is 73.3 Å². The van der Waals surface area contributed by atoms with E-state index >= 15 is 0 Å². The van der Waals surface area contributed by atoms with Crippen molar-refractivity contribution in [1.82, 2.24) is 10.2 Å². The summed E-state index contributed by atoms with van der Waals surface area (Å²) < 4.78 is 1.49. The van der Waals surface area contributed by atoms with Crippen LogP contribution in [0.4, 0.5) is 5.13 Å². The summed E-state index contributed by atoms with van der Waals surface area (Å²) in [6.07, 6.45) is 0. The van der Waals surface area contributed by atoms with Gasteiger partial charge in [-0.1, -0.05) is 64.5 Å². The molecule has 3 rings (SSSR count). The van der Waals surface area contributed by atoms with E-state index in [0.717, 1.165) is 14.4 Å². The lowest BCUT2D eigenvalue weighted by Gasteiger charge is -2.03. The predicted molar refractivity (Wildman–Crippen MR) is 108 cm³/mol. The van der Waals surface area contributed by atoms with Gasteiger partial charge < -0.3 is 0 Å². The van der Waals surface area contributed by atoms with Crippen LogP contribution in [0.5, 0.6) is 0 Å². The van der Waals surface area contributed by atoms with E-state index in [1.807, 2.05) is 24.3 Å². The molecule has 9 heteroatoms. The van der Waals surface area contributed by atoms with E-state index in [4.69, 9.17) is 23.2 Å². The number of anilines is 1. The van der Waals surface area contributed by atoms with Gasteiger partial charge in [-0.2, -0.15) is 0 Å². The van der Waals surface area contributed by atoms with Gasteiger partial charge in [0.2, 0.25) is 5.13 Å². The van der Waals surface area contributed by atoms with Crippen LogP contribution in [0.15, 0.2) is 51.3 Å². The standard InChI is InChI=1S/C16H10BrCl2N3OS2/c17-11-4-2-1-3-10(11)14(23)20-15-21-22-16(25-15)24-8-9-5-6-12(18)13(19)7-9/h1-7H,8H2,(H,20,21,23). The summed E-state index contributed by atoms with van der Waals surface area (Å²) >= 11 is 18.1. The first kappa shape index (κ1) is 18.7. The van der Waals surface area contributed by atoms with Gasteiger partial charge in [-0.3, -0.25) is 10.1 Å². The van der Waals surface area contributed by atoms with Gasteiger partial charge in [0.25, 0.3) is 5.91 Å². The maximum absolute atomic E-state index is 12.3. The minimum atomic E-state index is -0.232. The summed E-state index contributed by atoms with van der Waals surface area (Å²) in [6.45, 7) is 0. The van der Waals surface area contributed by atoms with Crippen LogP contribution in [0.25, 0.3) is 0 Å². The Morgan fingerprint density at radius 1 is 1.16 bits per heavy atom. The highest BCUT2D eigenvalue weighted by molar-refractivity contribution is 9.10. The van der Waals surface area contributed by atoms with E-state index in [-0.39, 0.29) is 5.91 Å². The lowest BCUT2D eigenvalue weighted by molar-refractivity contribution is 0.102. The zero-order chi connectivity index (χ0) is 17.8. The first-order chi connectivity index (χ1) is 12.0. The molecule has 0 unspecified atom stereocenters. The maximum Gasteiger partial charge on any atom is 0.258 e. The minimum Gasteiger partial charge on any atom is -0.296 e. The summed E-state index contributed by atoms with van der Waals surface area (Å²) in [7, 11) is 0. The number of carbonyl (C=O) groups is 1. The van der Waals surface area contributed by atoms with Gasteiger partial charge in [0, 0.05) is 10.2 Å². The van der Waals surface area contributed by atoms with Crippen LogP contribution in [0.3, 0.4) is 0 Å². The largest absolute Gasteiger partial charge is 0.296 e. The Bertz CT molecular complexity index is 920. The zero-order valence-electron chi connectivity index (χ0n) is 12.5. The van der Waals surface area contributed by atoms with Crippen molar-refractivity contribution in [3.63, 3.8) is 0 Å². The highest BCUT2D eigenvalue weighted by Crippen LogP contribution is 2.31. The van der Waals surface area contributed by atoms with Crippen molar-refractivity contribution < 1.29 is 4.79 Å². The molecule has 25 heavy (non-hydrogen) atoms. The smallest absolute Gasteiger partial charge is 0.258 e. The Morgan fingerprint density at radius 2 is 1.96 bits per heavy atom. The topological polar surface area (TPSA) is 54.9 Å². The molecule has 1 heterocycles. The van der Waals surface area contributed by atoms with Gasteiger partial charge in [0.15, 0.2) is 4.34 Å². The van der Waals surface area contributed by atoms with Gasteiger partial charge >= 0.3 is 0 Å². The number of amides is 1. The van der Waals surface area contributed by atoms with E-state index in [9.17, 15) is 4.79 Å². The van der Waals surface area contributed by atoms with Crippen LogP contribution in [0, 0.1) is 0 Å². The molecule has 1 N–H and O–H groups in total. The molecule has 1 aromatic heterocycles. The fourth-order valence-corrected chi connectivity index (χ4v) is 4.38. The number of benzene rings is 2. The van der Waals surface area contributed by atoms with Crippen molar-refractivity contribution in [3.05, 3.63) is 68.1 Å². The fraction of sp³-hybridized carbons (Fsp3) is 0.0625. The highest BCUT2D eigenvalue weighted by Gasteiger charge is 2.13. The number of halogens is 3. The monoisotopic (exact) mass is 473 g/mol. The molecule has 0 saturated carbocycles. The van der Waals surface area contributed by atoms with Crippen LogP contribution in [-0.2, 0) is 5.75 Å². The lowest BCUT2D eigenvalue weighted by Crippen LogP contribution is -2.12. The summed E-state index contributed by atoms with van der Waals surface area (Å²) in [6, 6.07) is 12.7. The Morgan fingerprint density at radius 3 is 2.72 bits per heavy atom. The molecule has 2 aromatic carbocycles. The third-order valence-corrected chi connectivity index (χ3v) is 6.57. The van der Waals surface area contributed by atoms with Crippen molar-refractivity contribution in [2.45, 2.75) is 10.1 Å². The van der Waals surface area contributed by atoms with Crippen molar-refractivity contribution in [2.75, 3.05) is 5.32 Å². The number of nitrogens with zero attached hydrogens (tertiary/aromatic N) is 2. The summed E-state index contributed by atoms with van der Waals surface area (Å²) in [5, 5.41) is 12.4. The normalized spacial score (nSPS) is 10.7. The van der Waals surface area contributed by atoms with Crippen LogP contribution < -0.4 is 5.32 Å². The molecule has 0 aliphatic carbocycles. The summed E-state index contributed by atoms with van der Waals surface area (Å²) in [4.78, 5) is 12.3. The van der Waals surface area contributed by atoms with Gasteiger partial charge in [-0.05, 0) is 45.8 Å². The van der Waals surface area contributed by atoms with Crippen LogP contribution in [0.2, 0.25) is 10.0 Å². The number of thioether (sulfide) groups is 1. The molecule has 4 nitrogen and oxygen atoms in total. The predicted octanol–water partition coefficient (Wildman–Crippen LogP) is 6.15. The second-order valence-electron chi connectivity index (χ2n) is 4.84. The van der Waals surface area contributed by atoms with Crippen LogP contribution >= 0.6 is 62.2 Å². The number of nitrogens with one attached hydrogen (secondary N) is 1. The van der Waals surface area contributed by atoms with Crippen LogP contribution in [-0.4, -0.2) is 16.1 Å². The van der Waals surface area contributed by atoms with Gasteiger partial charge in [-0.25, -0.2) is 0 Å². The molecule has 0 fully saturated rings. The Kier molecular flexibility index (Phi) is 6.35. The van der Waals surface area contributed by atoms with Gasteiger partial charge in [-0.15, -0.1) is 10.2 Å². The molecule has 0 radical (unpaired) electrons. The third kappa shape index (κ3) is 4.95. The van der Waals surface area contributed by atoms with E-state index < -0.39 is 0 Å². The molecule has 3 aromatic rings. The number of rotatable bonds is 5. The first-order valence-electron chi connectivity index (χ1n) is 6.99. The molecule has 1 amide bonds. The van der Waals surface area contributed by atoms with E-state index in [1.54, 1.807) is 18.2 Å². The fourth-order valence-electron chi connectivity index (χ4n) is 1.90. The molecular formula is C16H10BrCl2N3OS2. The molecule has 0 aliphatic heterocycles. The highest BCUT2D eigenvalue weighted by atomic mass is 79.9. The second-order valence-corrected chi connectivity index (χ2v) is 8.71. The quantitative estimate of drug-likeness (QED) is 0.355. The van der Waals surface area contributed by atoms with E-state index in [2.05, 4.69) is 31.4 Å². The molecule has 0 saturated heterocycles. The summed E-state index contributed by atoms with van der Waals surface area (Å²) in [5.41, 5.74) is 1.58. The van der Waals surface area contributed by atoms with Gasteiger partial charge in [0.1, 0.15) is 0 Å². The SMILES string of the molecule is O=C(Nc1nnc(SCc2ccc(Cl)c(Cl)c2)s1)c1ccccc1Br. The van der Waals surface area contributed by atoms with Crippen LogP contribution in [0.1, 0.15) is 15.9 Å². The van der Waals surface area contributed by atoms with Crippen molar-refractivity contribution in [1.29, 1.82) is 0 Å². The zero-order valence-corrected chi connectivity index (χ0v) is 17.2. The first-order valence-corrected chi connectivity index (χ1v) is 10.3. The van der Waals surface area contributed by atoms with Crippen molar-refractivity contribution in [3.8, 4) is 0 Å². The number of aromatic nitrogens is 2. The lowest BCUT2D eigenvalue weighted by atomic mass is 10.2. The Balaban J connectivity index is 1.61.